The number of imidazole rings is 1. The topological polar surface area (TPSA) is 77.2 Å². The quantitative estimate of drug-likeness (QED) is 0.566. The first kappa shape index (κ1) is 15.8. The van der Waals surface area contributed by atoms with Crippen molar-refractivity contribution < 1.29 is 14.6 Å². The van der Waals surface area contributed by atoms with Crippen molar-refractivity contribution in [3.05, 3.63) is 18.5 Å². The Hall–Kier alpha value is -1.60. The summed E-state index contributed by atoms with van der Waals surface area (Å²) in [7, 11) is 1.71. The van der Waals surface area contributed by atoms with Gasteiger partial charge in [0.25, 0.3) is 0 Å². The van der Waals surface area contributed by atoms with Crippen molar-refractivity contribution in [2.45, 2.75) is 31.0 Å². The van der Waals surface area contributed by atoms with Gasteiger partial charge in [0.15, 0.2) is 5.16 Å². The van der Waals surface area contributed by atoms with Crippen molar-refractivity contribution in [2.24, 2.45) is 0 Å². The molecule has 6 nitrogen and oxygen atoms in total. The van der Waals surface area contributed by atoms with Gasteiger partial charge in [-0.1, -0.05) is 11.8 Å². The molecular weight excluding hydrogens is 290 g/mol. The molecule has 0 fully saturated rings. The fraction of sp³-hybridized carbons (Fsp3) is 0.500. The van der Waals surface area contributed by atoms with Crippen molar-refractivity contribution in [1.82, 2.24) is 14.5 Å². The Labute approximate surface area is 127 Å². The van der Waals surface area contributed by atoms with Crippen LogP contribution in [0.1, 0.15) is 19.3 Å². The Kier molecular flexibility index (Phi) is 6.01. The number of aliphatic carboxylic acids is 1. The molecule has 0 aliphatic carbocycles. The fourth-order valence-electron chi connectivity index (χ4n) is 2.11. The number of rotatable bonds is 9. The first-order valence-corrected chi connectivity index (χ1v) is 7.84. The molecule has 0 aliphatic heterocycles. The summed E-state index contributed by atoms with van der Waals surface area (Å²) in [5.41, 5.74) is 1.81. The Morgan fingerprint density at radius 2 is 2.29 bits per heavy atom. The third kappa shape index (κ3) is 4.44. The standard InChI is InChI=1S/C14H19N3O3S/c1-20-8-4-2-3-7-17-12-5-6-15-9-11(12)16-14(17)21-10-13(18)19/h5-6,9H,2-4,7-8,10H2,1H3,(H,18,19). The molecule has 0 amide bonds. The zero-order valence-corrected chi connectivity index (χ0v) is 12.8. The maximum absolute atomic E-state index is 10.7. The van der Waals surface area contributed by atoms with Crippen molar-refractivity contribution in [3.8, 4) is 0 Å². The largest absolute Gasteiger partial charge is 0.481 e. The summed E-state index contributed by atoms with van der Waals surface area (Å²) >= 11 is 1.25. The molecule has 114 valence electrons. The molecule has 0 aromatic carbocycles. The van der Waals surface area contributed by atoms with Crippen molar-refractivity contribution >= 4 is 28.8 Å². The van der Waals surface area contributed by atoms with E-state index < -0.39 is 5.97 Å². The summed E-state index contributed by atoms with van der Waals surface area (Å²) in [4.78, 5) is 19.3. The first-order chi connectivity index (χ1) is 10.2. The summed E-state index contributed by atoms with van der Waals surface area (Å²) in [6, 6.07) is 1.92. The lowest BCUT2D eigenvalue weighted by Crippen LogP contribution is -2.04. The third-order valence-electron chi connectivity index (χ3n) is 3.07. The predicted molar refractivity (Wildman–Crippen MR) is 81.6 cm³/mol. The number of aryl methyl sites for hydroxylation is 1. The van der Waals surface area contributed by atoms with Crippen LogP contribution in [-0.2, 0) is 16.1 Å². The zero-order chi connectivity index (χ0) is 15.1. The Morgan fingerprint density at radius 1 is 1.43 bits per heavy atom. The molecule has 7 heteroatoms. The minimum absolute atomic E-state index is 0.0143. The number of carbonyl (C=O) groups is 1. The molecule has 2 aromatic rings. The van der Waals surface area contributed by atoms with Crippen LogP contribution in [-0.4, -0.2) is 45.1 Å². The van der Waals surface area contributed by atoms with Crippen LogP contribution in [0.5, 0.6) is 0 Å². The highest BCUT2D eigenvalue weighted by Crippen LogP contribution is 2.24. The van der Waals surface area contributed by atoms with Gasteiger partial charge in [-0.15, -0.1) is 0 Å². The van der Waals surface area contributed by atoms with Gasteiger partial charge in [0.2, 0.25) is 0 Å². The number of ether oxygens (including phenoxy) is 1. The van der Waals surface area contributed by atoms with E-state index in [1.165, 1.54) is 11.8 Å². The lowest BCUT2D eigenvalue weighted by atomic mass is 10.2. The zero-order valence-electron chi connectivity index (χ0n) is 12.0. The van der Waals surface area contributed by atoms with Crippen LogP contribution < -0.4 is 0 Å². The van der Waals surface area contributed by atoms with Gasteiger partial charge >= 0.3 is 5.97 Å². The van der Waals surface area contributed by atoms with E-state index in [9.17, 15) is 4.79 Å². The molecule has 1 N–H and O–H groups in total. The fourth-order valence-corrected chi connectivity index (χ4v) is 2.87. The van der Waals surface area contributed by atoms with Gasteiger partial charge in [-0.3, -0.25) is 9.78 Å². The number of carboxylic acid groups (broad SMARTS) is 1. The number of hydrogen-bond acceptors (Lipinski definition) is 5. The van der Waals surface area contributed by atoms with Crippen LogP contribution in [0.4, 0.5) is 0 Å². The average molecular weight is 309 g/mol. The maximum atomic E-state index is 10.7. The molecule has 0 spiro atoms. The molecule has 0 saturated heterocycles. The van der Waals surface area contributed by atoms with Crippen LogP contribution in [0.2, 0.25) is 0 Å². The molecule has 2 rings (SSSR count). The Bertz CT molecular complexity index is 600. The minimum atomic E-state index is -0.836. The molecule has 2 heterocycles. The van der Waals surface area contributed by atoms with Crippen LogP contribution in [0.15, 0.2) is 23.6 Å². The third-order valence-corrected chi connectivity index (χ3v) is 4.03. The second kappa shape index (κ2) is 7.99. The monoisotopic (exact) mass is 309 g/mol. The molecule has 0 radical (unpaired) electrons. The summed E-state index contributed by atoms with van der Waals surface area (Å²) in [5, 5.41) is 9.57. The van der Waals surface area contributed by atoms with E-state index in [1.807, 2.05) is 6.07 Å². The highest BCUT2D eigenvalue weighted by molar-refractivity contribution is 7.99. The van der Waals surface area contributed by atoms with E-state index in [2.05, 4.69) is 14.5 Å². The number of unbranched alkanes of at least 4 members (excludes halogenated alkanes) is 2. The second-order valence-corrected chi connectivity index (χ2v) is 5.59. The van der Waals surface area contributed by atoms with Gasteiger partial charge in [0, 0.05) is 26.5 Å². The van der Waals surface area contributed by atoms with E-state index >= 15 is 0 Å². The number of thioether (sulfide) groups is 1. The van der Waals surface area contributed by atoms with Gasteiger partial charge in [-0.05, 0) is 25.3 Å². The molecule has 0 aliphatic rings. The van der Waals surface area contributed by atoms with E-state index in [1.54, 1.807) is 19.5 Å². The van der Waals surface area contributed by atoms with Crippen LogP contribution in [0.3, 0.4) is 0 Å². The Morgan fingerprint density at radius 3 is 3.05 bits per heavy atom. The van der Waals surface area contributed by atoms with E-state index in [0.717, 1.165) is 48.6 Å². The molecule has 0 unspecified atom stereocenters. The lowest BCUT2D eigenvalue weighted by molar-refractivity contribution is -0.133. The number of methoxy groups -OCH3 is 1. The molecule has 21 heavy (non-hydrogen) atoms. The summed E-state index contributed by atoms with van der Waals surface area (Å²) < 4.78 is 7.12. The number of fused-ring (bicyclic) bond motifs is 1. The number of nitrogens with zero attached hydrogens (tertiary/aromatic N) is 3. The van der Waals surface area contributed by atoms with Gasteiger partial charge < -0.3 is 14.4 Å². The normalized spacial score (nSPS) is 11.1. The highest BCUT2D eigenvalue weighted by Gasteiger charge is 2.12. The smallest absolute Gasteiger partial charge is 0.313 e. The molecule has 0 saturated carbocycles. The Balaban J connectivity index is 2.09. The van der Waals surface area contributed by atoms with Crippen molar-refractivity contribution in [1.29, 1.82) is 0 Å². The van der Waals surface area contributed by atoms with Crippen molar-refractivity contribution in [2.75, 3.05) is 19.5 Å². The van der Waals surface area contributed by atoms with Crippen LogP contribution in [0, 0.1) is 0 Å². The molecule has 0 bridgehead atoms. The van der Waals surface area contributed by atoms with Crippen LogP contribution >= 0.6 is 11.8 Å². The van der Waals surface area contributed by atoms with Crippen molar-refractivity contribution in [3.63, 3.8) is 0 Å². The lowest BCUT2D eigenvalue weighted by Gasteiger charge is -2.08. The molecular formula is C14H19N3O3S. The van der Waals surface area contributed by atoms with E-state index in [-0.39, 0.29) is 5.75 Å². The second-order valence-electron chi connectivity index (χ2n) is 4.65. The summed E-state index contributed by atoms with van der Waals surface area (Å²) in [6.45, 7) is 1.60. The first-order valence-electron chi connectivity index (χ1n) is 6.86. The number of hydrogen-bond donors (Lipinski definition) is 1. The van der Waals surface area contributed by atoms with Gasteiger partial charge in [0.1, 0.15) is 5.52 Å². The SMILES string of the molecule is COCCCCCn1c(SCC(=O)O)nc2cnccc21. The maximum Gasteiger partial charge on any atom is 0.313 e. The van der Waals surface area contributed by atoms with E-state index in [4.69, 9.17) is 9.84 Å². The predicted octanol–water partition coefficient (Wildman–Crippen LogP) is 2.42. The minimum Gasteiger partial charge on any atom is -0.481 e. The number of carboxylic acids is 1. The summed E-state index contributed by atoms with van der Waals surface area (Å²) in [5.74, 6) is -0.822. The summed E-state index contributed by atoms with van der Waals surface area (Å²) in [6.07, 6.45) is 6.56. The number of pyridine rings is 1. The highest BCUT2D eigenvalue weighted by atomic mass is 32.2. The van der Waals surface area contributed by atoms with Gasteiger partial charge in [0.05, 0.1) is 17.5 Å². The molecule has 0 atom stereocenters. The average Bonchev–Trinajstić information content (AvgIpc) is 2.83. The van der Waals surface area contributed by atoms with Gasteiger partial charge in [-0.25, -0.2) is 4.98 Å². The number of aromatic nitrogens is 3. The van der Waals surface area contributed by atoms with Crippen LogP contribution in [0.25, 0.3) is 11.0 Å². The molecule has 2 aromatic heterocycles. The van der Waals surface area contributed by atoms with E-state index in [0.29, 0.717) is 0 Å². The van der Waals surface area contributed by atoms with Gasteiger partial charge in [-0.2, -0.15) is 0 Å².